The molecule has 1 fully saturated rings. The molecule has 1 aromatic heterocycles. The minimum atomic E-state index is 0.619. The van der Waals surface area contributed by atoms with E-state index >= 15 is 0 Å². The van der Waals surface area contributed by atoms with Crippen LogP contribution < -0.4 is 5.32 Å². The number of nitrogens with one attached hydrogen (secondary N) is 1. The molecule has 1 atom stereocenters. The van der Waals surface area contributed by atoms with E-state index in [2.05, 4.69) is 46.8 Å². The van der Waals surface area contributed by atoms with Gasteiger partial charge in [0.1, 0.15) is 0 Å². The SMILES string of the molecule is CC1CN(Cc2csc3ccccc23)CCN1. The average molecular weight is 246 g/mol. The Morgan fingerprint density at radius 1 is 1.41 bits per heavy atom. The predicted octanol–water partition coefficient (Wildman–Crippen LogP) is 2.70. The number of hydrogen-bond acceptors (Lipinski definition) is 3. The minimum absolute atomic E-state index is 0.619. The van der Waals surface area contributed by atoms with E-state index in [1.54, 1.807) is 0 Å². The third kappa shape index (κ3) is 2.37. The lowest BCUT2D eigenvalue weighted by molar-refractivity contribution is 0.200. The number of fused-ring (bicyclic) bond motifs is 1. The van der Waals surface area contributed by atoms with Crippen LogP contribution in [0.2, 0.25) is 0 Å². The monoisotopic (exact) mass is 246 g/mol. The molecule has 90 valence electrons. The number of benzene rings is 1. The Labute approximate surface area is 106 Å². The van der Waals surface area contributed by atoms with Crippen LogP contribution in [0.4, 0.5) is 0 Å². The van der Waals surface area contributed by atoms with Gasteiger partial charge in [-0.05, 0) is 29.3 Å². The molecule has 1 aliphatic rings. The topological polar surface area (TPSA) is 15.3 Å². The average Bonchev–Trinajstić information content (AvgIpc) is 2.73. The van der Waals surface area contributed by atoms with Crippen molar-refractivity contribution in [1.82, 2.24) is 10.2 Å². The molecule has 1 saturated heterocycles. The van der Waals surface area contributed by atoms with Crippen LogP contribution >= 0.6 is 11.3 Å². The predicted molar refractivity (Wildman–Crippen MR) is 74.6 cm³/mol. The van der Waals surface area contributed by atoms with Crippen molar-refractivity contribution in [1.29, 1.82) is 0 Å². The fourth-order valence-electron chi connectivity index (χ4n) is 2.55. The summed E-state index contributed by atoms with van der Waals surface area (Å²) in [6, 6.07) is 9.33. The normalized spacial score (nSPS) is 22.1. The standard InChI is InChI=1S/C14H18N2S/c1-11-8-16(7-6-15-11)9-12-10-17-14-5-3-2-4-13(12)14/h2-5,10-11,15H,6-9H2,1H3. The lowest BCUT2D eigenvalue weighted by Crippen LogP contribution is -2.48. The van der Waals surface area contributed by atoms with Gasteiger partial charge in [-0.15, -0.1) is 11.3 Å². The van der Waals surface area contributed by atoms with E-state index in [1.165, 1.54) is 15.6 Å². The van der Waals surface area contributed by atoms with E-state index in [0.29, 0.717) is 6.04 Å². The molecule has 0 amide bonds. The maximum atomic E-state index is 3.49. The van der Waals surface area contributed by atoms with Crippen LogP contribution in [0.15, 0.2) is 29.6 Å². The first kappa shape index (κ1) is 11.2. The second-order valence-electron chi connectivity index (χ2n) is 4.85. The highest BCUT2D eigenvalue weighted by molar-refractivity contribution is 7.17. The Morgan fingerprint density at radius 2 is 2.29 bits per heavy atom. The number of rotatable bonds is 2. The largest absolute Gasteiger partial charge is 0.312 e. The van der Waals surface area contributed by atoms with E-state index in [9.17, 15) is 0 Å². The molecule has 1 aliphatic heterocycles. The highest BCUT2D eigenvalue weighted by Gasteiger charge is 2.16. The molecule has 3 heteroatoms. The van der Waals surface area contributed by atoms with Crippen LogP contribution in [0.5, 0.6) is 0 Å². The number of nitrogens with zero attached hydrogens (tertiary/aromatic N) is 1. The minimum Gasteiger partial charge on any atom is -0.312 e. The maximum absolute atomic E-state index is 3.49. The smallest absolute Gasteiger partial charge is 0.0346 e. The van der Waals surface area contributed by atoms with Crippen LogP contribution in [0.1, 0.15) is 12.5 Å². The summed E-state index contributed by atoms with van der Waals surface area (Å²) in [5, 5.41) is 7.24. The summed E-state index contributed by atoms with van der Waals surface area (Å²) in [4.78, 5) is 2.55. The van der Waals surface area contributed by atoms with Crippen LogP contribution in [0.3, 0.4) is 0 Å². The lowest BCUT2D eigenvalue weighted by Gasteiger charge is -2.31. The molecule has 2 aromatic rings. The van der Waals surface area contributed by atoms with Crippen LogP contribution in [0.25, 0.3) is 10.1 Å². The Hall–Kier alpha value is -0.900. The third-order valence-electron chi connectivity index (χ3n) is 3.41. The number of hydrogen-bond donors (Lipinski definition) is 1. The van der Waals surface area contributed by atoms with Gasteiger partial charge in [0, 0.05) is 36.9 Å². The van der Waals surface area contributed by atoms with Gasteiger partial charge < -0.3 is 5.32 Å². The fraction of sp³-hybridized carbons (Fsp3) is 0.429. The molecular formula is C14H18N2S. The highest BCUT2D eigenvalue weighted by Crippen LogP contribution is 2.26. The van der Waals surface area contributed by atoms with Gasteiger partial charge in [-0.2, -0.15) is 0 Å². The zero-order chi connectivity index (χ0) is 11.7. The first-order valence-electron chi connectivity index (χ1n) is 6.24. The molecule has 3 rings (SSSR count). The first-order chi connectivity index (χ1) is 8.33. The molecule has 0 saturated carbocycles. The Bertz CT molecular complexity index is 506. The molecule has 1 aromatic carbocycles. The number of thiophene rings is 1. The maximum Gasteiger partial charge on any atom is 0.0346 e. The summed E-state index contributed by atoms with van der Waals surface area (Å²) >= 11 is 1.86. The van der Waals surface area contributed by atoms with Crippen LogP contribution in [-0.2, 0) is 6.54 Å². The molecule has 17 heavy (non-hydrogen) atoms. The quantitative estimate of drug-likeness (QED) is 0.876. The summed E-state index contributed by atoms with van der Waals surface area (Å²) in [5.41, 5.74) is 1.49. The molecule has 0 radical (unpaired) electrons. The van der Waals surface area contributed by atoms with Gasteiger partial charge in [-0.3, -0.25) is 4.90 Å². The summed E-state index contributed by atoms with van der Waals surface area (Å²) in [6.07, 6.45) is 0. The number of piperazine rings is 1. The molecule has 1 unspecified atom stereocenters. The van der Waals surface area contributed by atoms with E-state index in [1.807, 2.05) is 11.3 Å². The zero-order valence-corrected chi connectivity index (χ0v) is 11.0. The molecular weight excluding hydrogens is 228 g/mol. The summed E-state index contributed by atoms with van der Waals surface area (Å²) < 4.78 is 1.41. The van der Waals surface area contributed by atoms with Crippen molar-refractivity contribution >= 4 is 21.4 Å². The van der Waals surface area contributed by atoms with Crippen molar-refractivity contribution in [3.05, 3.63) is 35.2 Å². The summed E-state index contributed by atoms with van der Waals surface area (Å²) in [6.45, 7) is 6.79. The second-order valence-corrected chi connectivity index (χ2v) is 5.76. The Kier molecular flexibility index (Phi) is 3.14. The molecule has 2 nitrogen and oxygen atoms in total. The van der Waals surface area contributed by atoms with Gasteiger partial charge in [0.15, 0.2) is 0 Å². The molecule has 2 heterocycles. The Balaban J connectivity index is 1.80. The first-order valence-corrected chi connectivity index (χ1v) is 7.12. The van der Waals surface area contributed by atoms with Crippen molar-refractivity contribution in [2.45, 2.75) is 19.5 Å². The second kappa shape index (κ2) is 4.77. The van der Waals surface area contributed by atoms with Crippen molar-refractivity contribution in [3.63, 3.8) is 0 Å². The van der Waals surface area contributed by atoms with Crippen LogP contribution in [0, 0.1) is 0 Å². The Morgan fingerprint density at radius 3 is 3.18 bits per heavy atom. The van der Waals surface area contributed by atoms with E-state index < -0.39 is 0 Å². The summed E-state index contributed by atoms with van der Waals surface area (Å²) in [5.74, 6) is 0. The van der Waals surface area contributed by atoms with Crippen LogP contribution in [-0.4, -0.2) is 30.6 Å². The van der Waals surface area contributed by atoms with Gasteiger partial charge in [0.25, 0.3) is 0 Å². The van der Waals surface area contributed by atoms with Gasteiger partial charge >= 0.3 is 0 Å². The van der Waals surface area contributed by atoms with Gasteiger partial charge in [0.2, 0.25) is 0 Å². The van der Waals surface area contributed by atoms with Crippen molar-refractivity contribution < 1.29 is 0 Å². The lowest BCUT2D eigenvalue weighted by atomic mass is 10.1. The molecule has 0 aliphatic carbocycles. The summed E-state index contributed by atoms with van der Waals surface area (Å²) in [7, 11) is 0. The van der Waals surface area contributed by atoms with E-state index in [-0.39, 0.29) is 0 Å². The van der Waals surface area contributed by atoms with Gasteiger partial charge in [-0.25, -0.2) is 0 Å². The van der Waals surface area contributed by atoms with E-state index in [4.69, 9.17) is 0 Å². The highest BCUT2D eigenvalue weighted by atomic mass is 32.1. The van der Waals surface area contributed by atoms with Crippen molar-refractivity contribution in [3.8, 4) is 0 Å². The van der Waals surface area contributed by atoms with E-state index in [0.717, 1.165) is 26.2 Å². The van der Waals surface area contributed by atoms with Gasteiger partial charge in [-0.1, -0.05) is 18.2 Å². The fourth-order valence-corrected chi connectivity index (χ4v) is 3.51. The molecule has 1 N–H and O–H groups in total. The zero-order valence-electron chi connectivity index (χ0n) is 10.1. The third-order valence-corrected chi connectivity index (χ3v) is 4.42. The van der Waals surface area contributed by atoms with Crippen molar-refractivity contribution in [2.24, 2.45) is 0 Å². The molecule has 0 spiro atoms. The molecule has 0 bridgehead atoms. The van der Waals surface area contributed by atoms with Gasteiger partial charge in [0.05, 0.1) is 0 Å². The van der Waals surface area contributed by atoms with Crippen molar-refractivity contribution in [2.75, 3.05) is 19.6 Å².